The van der Waals surface area contributed by atoms with Crippen LogP contribution >= 0.6 is 0 Å². The van der Waals surface area contributed by atoms with Gasteiger partial charge in [0.1, 0.15) is 5.82 Å². The molecule has 1 aromatic rings. The van der Waals surface area contributed by atoms with Gasteiger partial charge in [-0.2, -0.15) is 0 Å². The Hall–Kier alpha value is -1.50. The lowest BCUT2D eigenvalue weighted by atomic mass is 10.0. The molecule has 0 atom stereocenters. The second-order valence-corrected chi connectivity index (χ2v) is 6.44. The maximum Gasteiger partial charge on any atom is 0.225 e. The van der Waals surface area contributed by atoms with Crippen molar-refractivity contribution in [1.82, 2.24) is 9.80 Å². The fraction of sp³-hybridized carbons (Fsp3) is 0.611. The fourth-order valence-electron chi connectivity index (χ4n) is 3.14. The summed E-state index contributed by atoms with van der Waals surface area (Å²) in [5.41, 5.74) is 0.504. The molecule has 5 nitrogen and oxygen atoms in total. The van der Waals surface area contributed by atoms with Gasteiger partial charge in [0.15, 0.2) is 0 Å². The molecule has 1 heterocycles. The summed E-state index contributed by atoms with van der Waals surface area (Å²) < 4.78 is 13.1. The number of nitrogens with zero attached hydrogens (tertiary/aromatic N) is 2. The van der Waals surface area contributed by atoms with E-state index in [9.17, 15) is 9.18 Å². The molecule has 1 saturated heterocycles. The molecule has 1 aliphatic rings. The Balaban J connectivity index is 1.66. The smallest absolute Gasteiger partial charge is 0.225 e. The lowest BCUT2D eigenvalue weighted by Crippen LogP contribution is -2.44. The van der Waals surface area contributed by atoms with Gasteiger partial charge in [0.25, 0.3) is 0 Å². The van der Waals surface area contributed by atoms with Crippen LogP contribution in [0.4, 0.5) is 10.1 Å². The highest BCUT2D eigenvalue weighted by molar-refractivity contribution is 5.90. The first kappa shape index (κ1) is 18.8. The Labute approximate surface area is 143 Å². The third-order valence-electron chi connectivity index (χ3n) is 4.61. The molecule has 2 rings (SSSR count). The number of carbonyl (C=O) groups is 1. The van der Waals surface area contributed by atoms with E-state index in [-0.39, 0.29) is 18.3 Å². The molecule has 1 aliphatic heterocycles. The Kier molecular flexibility index (Phi) is 7.62. The second kappa shape index (κ2) is 9.71. The first-order chi connectivity index (χ1) is 11.6. The standard InChI is InChI=1S/C18H28FN3O2/c1-21(9-3-13-23)17-6-10-22(11-7-17)12-8-18(24)20-16-5-2-4-15(19)14-16/h2,4-5,14,17,23H,3,6-13H2,1H3,(H,20,24). The summed E-state index contributed by atoms with van der Waals surface area (Å²) in [7, 11) is 2.11. The number of piperidine rings is 1. The molecule has 0 spiro atoms. The molecule has 1 fully saturated rings. The lowest BCUT2D eigenvalue weighted by molar-refractivity contribution is -0.116. The van der Waals surface area contributed by atoms with E-state index in [1.54, 1.807) is 12.1 Å². The van der Waals surface area contributed by atoms with Crippen LogP contribution in [-0.2, 0) is 4.79 Å². The van der Waals surface area contributed by atoms with Gasteiger partial charge in [0, 0.05) is 37.8 Å². The number of benzene rings is 1. The van der Waals surface area contributed by atoms with Gasteiger partial charge in [-0.05, 0) is 57.6 Å². The SMILES string of the molecule is CN(CCCO)C1CCN(CCC(=O)Nc2cccc(F)c2)CC1. The van der Waals surface area contributed by atoms with E-state index in [1.807, 2.05) is 0 Å². The van der Waals surface area contributed by atoms with Crippen LogP contribution < -0.4 is 5.32 Å². The molecule has 0 unspecified atom stereocenters. The van der Waals surface area contributed by atoms with Gasteiger partial charge in [-0.25, -0.2) is 4.39 Å². The van der Waals surface area contributed by atoms with E-state index in [4.69, 9.17) is 5.11 Å². The molecule has 1 aromatic carbocycles. The molecule has 0 aromatic heterocycles. The minimum atomic E-state index is -0.347. The minimum Gasteiger partial charge on any atom is -0.396 e. The number of aliphatic hydroxyl groups excluding tert-OH is 1. The van der Waals surface area contributed by atoms with E-state index >= 15 is 0 Å². The van der Waals surface area contributed by atoms with Crippen molar-refractivity contribution in [3.05, 3.63) is 30.1 Å². The molecular formula is C18H28FN3O2. The predicted molar refractivity (Wildman–Crippen MR) is 93.4 cm³/mol. The lowest BCUT2D eigenvalue weighted by Gasteiger charge is -2.36. The molecule has 0 saturated carbocycles. The molecule has 134 valence electrons. The topological polar surface area (TPSA) is 55.8 Å². The number of carbonyl (C=O) groups excluding carboxylic acids is 1. The summed E-state index contributed by atoms with van der Waals surface area (Å²) in [6.07, 6.45) is 3.42. The molecule has 2 N–H and O–H groups in total. The number of amides is 1. The molecule has 6 heteroatoms. The Morgan fingerprint density at radius 1 is 1.42 bits per heavy atom. The summed E-state index contributed by atoms with van der Waals surface area (Å²) in [6.45, 7) is 3.87. The maximum absolute atomic E-state index is 13.1. The van der Waals surface area contributed by atoms with Crippen LogP contribution in [0.15, 0.2) is 24.3 Å². The second-order valence-electron chi connectivity index (χ2n) is 6.44. The van der Waals surface area contributed by atoms with Crippen LogP contribution in [0.5, 0.6) is 0 Å². The zero-order valence-corrected chi connectivity index (χ0v) is 14.4. The van der Waals surface area contributed by atoms with Crippen molar-refractivity contribution in [2.75, 3.05) is 45.2 Å². The molecule has 24 heavy (non-hydrogen) atoms. The zero-order chi connectivity index (χ0) is 17.4. The van der Waals surface area contributed by atoms with Crippen molar-refractivity contribution < 1.29 is 14.3 Å². The number of likely N-dealkylation sites (tertiary alicyclic amines) is 1. The predicted octanol–water partition coefficient (Wildman–Crippen LogP) is 1.93. The van der Waals surface area contributed by atoms with Crippen molar-refractivity contribution in [3.8, 4) is 0 Å². The average molecular weight is 337 g/mol. The number of hydrogen-bond donors (Lipinski definition) is 2. The van der Waals surface area contributed by atoms with E-state index < -0.39 is 0 Å². The molecule has 0 bridgehead atoms. The van der Waals surface area contributed by atoms with E-state index in [0.717, 1.165) is 45.4 Å². The average Bonchev–Trinajstić information content (AvgIpc) is 2.58. The third-order valence-corrected chi connectivity index (χ3v) is 4.61. The van der Waals surface area contributed by atoms with Crippen LogP contribution in [0, 0.1) is 5.82 Å². The minimum absolute atomic E-state index is 0.0808. The van der Waals surface area contributed by atoms with Crippen LogP contribution in [0.25, 0.3) is 0 Å². The van der Waals surface area contributed by atoms with Gasteiger partial charge in [0.05, 0.1) is 0 Å². The van der Waals surface area contributed by atoms with Crippen LogP contribution in [0.1, 0.15) is 25.7 Å². The molecule has 1 amide bonds. The summed E-state index contributed by atoms with van der Waals surface area (Å²) in [5.74, 6) is -0.428. The van der Waals surface area contributed by atoms with Gasteiger partial charge in [0.2, 0.25) is 5.91 Å². The highest BCUT2D eigenvalue weighted by atomic mass is 19.1. The molecular weight excluding hydrogens is 309 g/mol. The van der Waals surface area contributed by atoms with Gasteiger partial charge in [-0.3, -0.25) is 4.79 Å². The van der Waals surface area contributed by atoms with Crippen LogP contribution in [0.3, 0.4) is 0 Å². The first-order valence-corrected chi connectivity index (χ1v) is 8.67. The van der Waals surface area contributed by atoms with Crippen molar-refractivity contribution in [2.24, 2.45) is 0 Å². The summed E-state index contributed by atoms with van der Waals surface area (Å²) in [6, 6.07) is 6.52. The number of anilines is 1. The van der Waals surface area contributed by atoms with Gasteiger partial charge in [-0.1, -0.05) is 6.07 Å². The maximum atomic E-state index is 13.1. The fourth-order valence-corrected chi connectivity index (χ4v) is 3.14. The van der Waals surface area contributed by atoms with Gasteiger partial charge in [-0.15, -0.1) is 0 Å². The Morgan fingerprint density at radius 3 is 2.83 bits per heavy atom. The molecule has 0 radical (unpaired) electrons. The Morgan fingerprint density at radius 2 is 2.17 bits per heavy atom. The van der Waals surface area contributed by atoms with E-state index in [0.29, 0.717) is 18.2 Å². The largest absolute Gasteiger partial charge is 0.396 e. The van der Waals surface area contributed by atoms with E-state index in [1.165, 1.54) is 12.1 Å². The van der Waals surface area contributed by atoms with Gasteiger partial charge >= 0.3 is 0 Å². The summed E-state index contributed by atoms with van der Waals surface area (Å²) in [4.78, 5) is 16.6. The molecule has 0 aliphatic carbocycles. The van der Waals surface area contributed by atoms with Crippen LogP contribution in [0.2, 0.25) is 0 Å². The number of rotatable bonds is 8. The number of nitrogens with one attached hydrogen (secondary N) is 1. The van der Waals surface area contributed by atoms with Crippen molar-refractivity contribution >= 4 is 11.6 Å². The van der Waals surface area contributed by atoms with Gasteiger partial charge < -0.3 is 20.2 Å². The first-order valence-electron chi connectivity index (χ1n) is 8.67. The zero-order valence-electron chi connectivity index (χ0n) is 14.4. The number of aliphatic hydroxyl groups is 1. The monoisotopic (exact) mass is 337 g/mol. The van der Waals surface area contributed by atoms with Crippen molar-refractivity contribution in [1.29, 1.82) is 0 Å². The number of halogens is 1. The quantitative estimate of drug-likeness (QED) is 0.761. The highest BCUT2D eigenvalue weighted by Crippen LogP contribution is 2.16. The van der Waals surface area contributed by atoms with Crippen LogP contribution in [-0.4, -0.2) is 66.7 Å². The normalized spacial score (nSPS) is 16.5. The van der Waals surface area contributed by atoms with E-state index in [2.05, 4.69) is 22.2 Å². The third kappa shape index (κ3) is 6.19. The summed E-state index contributed by atoms with van der Waals surface area (Å²) in [5, 5.41) is 11.6. The van der Waals surface area contributed by atoms with Crippen molar-refractivity contribution in [2.45, 2.75) is 31.7 Å². The van der Waals surface area contributed by atoms with Crippen molar-refractivity contribution in [3.63, 3.8) is 0 Å². The highest BCUT2D eigenvalue weighted by Gasteiger charge is 2.22. The Bertz CT molecular complexity index is 519. The summed E-state index contributed by atoms with van der Waals surface area (Å²) >= 11 is 0. The number of hydrogen-bond acceptors (Lipinski definition) is 4.